The number of H-pyrrole nitrogens is 1. The Bertz CT molecular complexity index is 1080. The fourth-order valence-electron chi connectivity index (χ4n) is 3.76. The number of pyridine rings is 1. The van der Waals surface area contributed by atoms with E-state index in [-0.39, 0.29) is 17.5 Å². The molecule has 1 aromatic carbocycles. The van der Waals surface area contributed by atoms with Crippen molar-refractivity contribution in [3.63, 3.8) is 0 Å². The third-order valence-electron chi connectivity index (χ3n) is 5.40. The standard InChI is InChI=1S/C21H22FN5O3/c1-30-19-7-6-15(13-23-19)20(28)26-10-8-14(9-11-26)12-18-24-25-21(29)27(18)17-5-3-2-4-16(17)22/h2-7,13-14H,8-12H2,1H3,(H,25,29). The van der Waals surface area contributed by atoms with Crippen LogP contribution in [-0.4, -0.2) is 50.8 Å². The van der Waals surface area contributed by atoms with Crippen molar-refractivity contribution in [2.24, 2.45) is 5.92 Å². The summed E-state index contributed by atoms with van der Waals surface area (Å²) in [4.78, 5) is 30.8. The molecule has 1 amide bonds. The monoisotopic (exact) mass is 411 g/mol. The Balaban J connectivity index is 1.42. The highest BCUT2D eigenvalue weighted by Gasteiger charge is 2.26. The van der Waals surface area contributed by atoms with Crippen LogP contribution in [-0.2, 0) is 6.42 Å². The van der Waals surface area contributed by atoms with Gasteiger partial charge in [-0.2, -0.15) is 5.10 Å². The molecule has 8 nitrogen and oxygen atoms in total. The van der Waals surface area contributed by atoms with Crippen LogP contribution in [0.5, 0.6) is 5.88 Å². The maximum atomic E-state index is 14.2. The first-order valence-corrected chi connectivity index (χ1v) is 9.77. The number of halogens is 1. The van der Waals surface area contributed by atoms with E-state index in [1.165, 1.54) is 23.9 Å². The lowest BCUT2D eigenvalue weighted by molar-refractivity contribution is 0.0689. The average molecular weight is 411 g/mol. The molecular formula is C21H22FN5O3. The number of benzene rings is 1. The van der Waals surface area contributed by atoms with E-state index in [0.717, 1.165) is 12.8 Å². The number of piperidine rings is 1. The molecule has 0 unspecified atom stereocenters. The molecule has 1 N–H and O–H groups in total. The summed E-state index contributed by atoms with van der Waals surface area (Å²) in [6, 6.07) is 9.50. The van der Waals surface area contributed by atoms with Gasteiger partial charge in [0.25, 0.3) is 5.91 Å². The maximum absolute atomic E-state index is 14.2. The highest BCUT2D eigenvalue weighted by molar-refractivity contribution is 5.94. The summed E-state index contributed by atoms with van der Waals surface area (Å²) >= 11 is 0. The van der Waals surface area contributed by atoms with Crippen LogP contribution < -0.4 is 10.4 Å². The first kappa shape index (κ1) is 19.8. The first-order chi connectivity index (χ1) is 14.6. The van der Waals surface area contributed by atoms with Crippen LogP contribution in [0.3, 0.4) is 0 Å². The number of methoxy groups -OCH3 is 1. The van der Waals surface area contributed by atoms with Gasteiger partial charge in [0.05, 0.1) is 18.4 Å². The Morgan fingerprint density at radius 1 is 1.23 bits per heavy atom. The second-order valence-electron chi connectivity index (χ2n) is 7.26. The maximum Gasteiger partial charge on any atom is 0.348 e. The minimum absolute atomic E-state index is 0.0633. The number of ether oxygens (including phenoxy) is 1. The van der Waals surface area contributed by atoms with Crippen LogP contribution in [0.4, 0.5) is 4.39 Å². The largest absolute Gasteiger partial charge is 0.481 e. The molecule has 0 aliphatic carbocycles. The van der Waals surface area contributed by atoms with Crippen molar-refractivity contribution >= 4 is 5.91 Å². The summed E-state index contributed by atoms with van der Waals surface area (Å²) in [6.45, 7) is 1.20. The molecule has 2 aromatic heterocycles. The van der Waals surface area contributed by atoms with Gasteiger partial charge in [0.1, 0.15) is 11.6 Å². The summed E-state index contributed by atoms with van der Waals surface area (Å²) in [7, 11) is 1.53. The van der Waals surface area contributed by atoms with Gasteiger partial charge in [-0.3, -0.25) is 4.79 Å². The predicted octanol–water partition coefficient (Wildman–Crippen LogP) is 2.20. The van der Waals surface area contributed by atoms with E-state index in [4.69, 9.17) is 4.74 Å². The number of aromatic nitrogens is 4. The number of hydrogen-bond donors (Lipinski definition) is 1. The van der Waals surface area contributed by atoms with Gasteiger partial charge < -0.3 is 9.64 Å². The molecule has 0 saturated carbocycles. The molecule has 156 valence electrons. The molecule has 9 heteroatoms. The van der Waals surface area contributed by atoms with Crippen molar-refractivity contribution < 1.29 is 13.9 Å². The Kier molecular flexibility index (Phi) is 5.60. The lowest BCUT2D eigenvalue weighted by Crippen LogP contribution is -2.39. The number of amides is 1. The van der Waals surface area contributed by atoms with Gasteiger partial charge >= 0.3 is 5.69 Å². The van der Waals surface area contributed by atoms with Gasteiger partial charge in [0.15, 0.2) is 0 Å². The minimum atomic E-state index is -0.476. The molecule has 3 aromatic rings. The lowest BCUT2D eigenvalue weighted by atomic mass is 9.93. The summed E-state index contributed by atoms with van der Waals surface area (Å²) < 4.78 is 20.5. The molecule has 1 aliphatic rings. The highest BCUT2D eigenvalue weighted by Crippen LogP contribution is 2.23. The van der Waals surface area contributed by atoms with Crippen LogP contribution >= 0.6 is 0 Å². The smallest absolute Gasteiger partial charge is 0.348 e. The minimum Gasteiger partial charge on any atom is -0.481 e. The van der Waals surface area contributed by atoms with Crippen LogP contribution in [0, 0.1) is 11.7 Å². The molecule has 30 heavy (non-hydrogen) atoms. The number of carbonyl (C=O) groups is 1. The first-order valence-electron chi connectivity index (χ1n) is 9.77. The number of para-hydroxylation sites is 1. The molecule has 1 saturated heterocycles. The van der Waals surface area contributed by atoms with E-state index >= 15 is 0 Å². The van der Waals surface area contributed by atoms with Crippen molar-refractivity contribution in [2.45, 2.75) is 19.3 Å². The quantitative estimate of drug-likeness (QED) is 0.695. The molecule has 4 rings (SSSR count). The van der Waals surface area contributed by atoms with Crippen molar-refractivity contribution in [1.82, 2.24) is 24.6 Å². The second kappa shape index (κ2) is 8.48. The van der Waals surface area contributed by atoms with Gasteiger partial charge in [0, 0.05) is 31.8 Å². The Labute approximate surface area is 172 Å². The zero-order valence-electron chi connectivity index (χ0n) is 16.5. The van der Waals surface area contributed by atoms with E-state index in [9.17, 15) is 14.0 Å². The third kappa shape index (κ3) is 3.96. The number of hydrogen-bond acceptors (Lipinski definition) is 5. The van der Waals surface area contributed by atoms with E-state index < -0.39 is 11.5 Å². The van der Waals surface area contributed by atoms with Gasteiger partial charge in [-0.1, -0.05) is 12.1 Å². The second-order valence-corrected chi connectivity index (χ2v) is 7.26. The van der Waals surface area contributed by atoms with Crippen LogP contribution in [0.15, 0.2) is 47.4 Å². The number of aromatic amines is 1. The average Bonchev–Trinajstić information content (AvgIpc) is 3.14. The van der Waals surface area contributed by atoms with Crippen molar-refractivity contribution in [1.29, 1.82) is 0 Å². The molecule has 3 heterocycles. The van der Waals surface area contributed by atoms with E-state index in [2.05, 4.69) is 15.2 Å². The predicted molar refractivity (Wildman–Crippen MR) is 107 cm³/mol. The zero-order chi connectivity index (χ0) is 21.1. The van der Waals surface area contributed by atoms with E-state index in [1.807, 2.05) is 0 Å². The normalized spacial score (nSPS) is 14.7. The fourth-order valence-corrected chi connectivity index (χ4v) is 3.76. The van der Waals surface area contributed by atoms with Crippen molar-refractivity contribution in [2.75, 3.05) is 20.2 Å². The van der Waals surface area contributed by atoms with Crippen LogP contribution in [0.2, 0.25) is 0 Å². The highest BCUT2D eigenvalue weighted by atomic mass is 19.1. The van der Waals surface area contributed by atoms with E-state index in [0.29, 0.717) is 36.8 Å². The number of carbonyl (C=O) groups excluding carboxylic acids is 1. The summed E-state index contributed by atoms with van der Waals surface area (Å²) in [6.07, 6.45) is 3.59. The molecule has 0 atom stereocenters. The Morgan fingerprint density at radius 2 is 2.00 bits per heavy atom. The molecular weight excluding hydrogens is 389 g/mol. The number of nitrogens with one attached hydrogen (secondary N) is 1. The van der Waals surface area contributed by atoms with Crippen LogP contribution in [0.25, 0.3) is 5.69 Å². The third-order valence-corrected chi connectivity index (χ3v) is 5.40. The molecule has 1 fully saturated rings. The number of nitrogens with zero attached hydrogens (tertiary/aromatic N) is 4. The molecule has 0 bridgehead atoms. The fraction of sp³-hybridized carbons (Fsp3) is 0.333. The van der Waals surface area contributed by atoms with Gasteiger partial charge in [-0.05, 0) is 37.0 Å². The summed E-state index contributed by atoms with van der Waals surface area (Å²) in [5, 5.41) is 6.52. The molecule has 0 spiro atoms. The van der Waals surface area contributed by atoms with E-state index in [1.54, 1.807) is 35.2 Å². The van der Waals surface area contributed by atoms with Gasteiger partial charge in [-0.25, -0.2) is 23.8 Å². The molecule has 0 radical (unpaired) electrons. The van der Waals surface area contributed by atoms with Gasteiger partial charge in [-0.15, -0.1) is 0 Å². The van der Waals surface area contributed by atoms with Crippen molar-refractivity contribution in [3.8, 4) is 11.6 Å². The zero-order valence-corrected chi connectivity index (χ0v) is 16.5. The Hall–Kier alpha value is -3.49. The summed E-state index contributed by atoms with van der Waals surface area (Å²) in [5.41, 5.74) is 0.246. The lowest BCUT2D eigenvalue weighted by Gasteiger charge is -2.31. The van der Waals surface area contributed by atoms with Gasteiger partial charge in [0.2, 0.25) is 5.88 Å². The SMILES string of the molecule is COc1ccc(C(=O)N2CCC(Cc3n[nH]c(=O)n3-c3ccccc3F)CC2)cn1. The molecule has 1 aliphatic heterocycles. The number of likely N-dealkylation sites (tertiary alicyclic amines) is 1. The summed E-state index contributed by atoms with van der Waals surface area (Å²) in [5.74, 6) is 0.658. The Morgan fingerprint density at radius 3 is 2.67 bits per heavy atom. The van der Waals surface area contributed by atoms with Crippen molar-refractivity contribution in [3.05, 3.63) is 70.3 Å². The van der Waals surface area contributed by atoms with Crippen LogP contribution in [0.1, 0.15) is 29.0 Å². The number of rotatable bonds is 5. The topological polar surface area (TPSA) is 93.1 Å².